The van der Waals surface area contributed by atoms with Gasteiger partial charge in [0, 0.05) is 11.6 Å². The Hall–Kier alpha value is -1.75. The van der Waals surface area contributed by atoms with Crippen LogP contribution >= 0.6 is 0 Å². The van der Waals surface area contributed by atoms with Crippen LogP contribution in [0.1, 0.15) is 51.8 Å². The molecule has 0 spiro atoms. The van der Waals surface area contributed by atoms with Gasteiger partial charge in [0.05, 0.1) is 25.3 Å². The van der Waals surface area contributed by atoms with E-state index in [1.54, 1.807) is 25.9 Å². The highest BCUT2D eigenvalue weighted by molar-refractivity contribution is 5.75. The van der Waals surface area contributed by atoms with E-state index in [1.807, 2.05) is 45.9 Å². The Kier molecular flexibility index (Phi) is 6.45. The molecule has 0 aliphatic heterocycles. The van der Waals surface area contributed by atoms with Crippen LogP contribution in [0.15, 0.2) is 18.2 Å². The smallest absolute Gasteiger partial charge is 0.318 e. The summed E-state index contributed by atoms with van der Waals surface area (Å²) in [6.45, 7) is 11.5. The maximum absolute atomic E-state index is 12.6. The molecule has 0 radical (unpaired) electrons. The summed E-state index contributed by atoms with van der Waals surface area (Å²) in [6.07, 6.45) is 0. The summed E-state index contributed by atoms with van der Waals surface area (Å²) in [5, 5.41) is 13.0. The van der Waals surface area contributed by atoms with E-state index < -0.39 is 5.60 Å². The Morgan fingerprint density at radius 3 is 2.43 bits per heavy atom. The van der Waals surface area contributed by atoms with Crippen LogP contribution in [0.25, 0.3) is 0 Å². The number of amides is 2. The lowest BCUT2D eigenvalue weighted by Crippen LogP contribution is -2.50. The van der Waals surface area contributed by atoms with Crippen molar-refractivity contribution in [2.24, 2.45) is 0 Å². The van der Waals surface area contributed by atoms with Crippen LogP contribution in [0.3, 0.4) is 0 Å². The van der Waals surface area contributed by atoms with Crippen molar-refractivity contribution in [3.63, 3.8) is 0 Å². The van der Waals surface area contributed by atoms with Gasteiger partial charge in [0.2, 0.25) is 0 Å². The normalized spacial score (nSPS) is 12.9. The van der Waals surface area contributed by atoms with Crippen molar-refractivity contribution in [3.8, 4) is 5.75 Å². The lowest BCUT2D eigenvalue weighted by Gasteiger charge is -2.33. The van der Waals surface area contributed by atoms with E-state index in [9.17, 15) is 9.90 Å². The van der Waals surface area contributed by atoms with Gasteiger partial charge in [-0.05, 0) is 47.6 Å². The highest BCUT2D eigenvalue weighted by atomic mass is 16.5. The first kappa shape index (κ1) is 19.3. The quantitative estimate of drug-likeness (QED) is 0.845. The topological polar surface area (TPSA) is 61.8 Å². The number of nitrogens with zero attached hydrogens (tertiary/aromatic N) is 1. The number of rotatable bonds is 6. The van der Waals surface area contributed by atoms with Crippen molar-refractivity contribution in [2.75, 3.05) is 13.7 Å². The molecule has 2 amide bonds. The molecule has 1 rings (SSSR count). The van der Waals surface area contributed by atoms with E-state index in [-0.39, 0.29) is 24.7 Å². The van der Waals surface area contributed by atoms with Gasteiger partial charge in [0.1, 0.15) is 5.75 Å². The molecule has 0 saturated carbocycles. The number of nitrogens with one attached hydrogen (secondary N) is 1. The van der Waals surface area contributed by atoms with Crippen LogP contribution in [0.2, 0.25) is 0 Å². The molecule has 0 aliphatic carbocycles. The summed E-state index contributed by atoms with van der Waals surface area (Å²) < 4.78 is 5.39. The van der Waals surface area contributed by atoms with E-state index in [2.05, 4.69) is 5.32 Å². The van der Waals surface area contributed by atoms with Gasteiger partial charge in [-0.3, -0.25) is 0 Å². The van der Waals surface area contributed by atoms with Gasteiger partial charge in [0.15, 0.2) is 0 Å². The minimum Gasteiger partial charge on any atom is -0.496 e. The number of carbonyl (C=O) groups is 1. The fraction of sp³-hybridized carbons (Fsp3) is 0.611. The summed E-state index contributed by atoms with van der Waals surface area (Å²) in [5.74, 6) is 0.752. The lowest BCUT2D eigenvalue weighted by molar-refractivity contribution is 0.0383. The molecule has 0 bridgehead atoms. The third kappa shape index (κ3) is 5.75. The first-order chi connectivity index (χ1) is 10.5. The second-order valence-corrected chi connectivity index (χ2v) is 6.95. The molecule has 0 unspecified atom stereocenters. The molecule has 0 heterocycles. The van der Waals surface area contributed by atoms with Gasteiger partial charge in [-0.2, -0.15) is 0 Å². The van der Waals surface area contributed by atoms with Crippen molar-refractivity contribution in [1.29, 1.82) is 0 Å². The number of ether oxygens (including phenoxy) is 1. The minimum absolute atomic E-state index is 0.00645. The molecule has 0 fully saturated rings. The Morgan fingerprint density at radius 1 is 1.35 bits per heavy atom. The molecule has 1 aromatic rings. The SMILES string of the molecule is COc1ccc(C)cc1[C@H](C)NC(=O)N(CC(C)(C)O)C(C)C. The molecule has 5 nitrogen and oxygen atoms in total. The molecule has 0 saturated heterocycles. The maximum atomic E-state index is 12.6. The highest BCUT2D eigenvalue weighted by Crippen LogP contribution is 2.26. The predicted octanol–water partition coefficient (Wildman–Crippen LogP) is 3.26. The zero-order chi connectivity index (χ0) is 17.8. The number of benzene rings is 1. The zero-order valence-corrected chi connectivity index (χ0v) is 15.3. The molecule has 23 heavy (non-hydrogen) atoms. The van der Waals surface area contributed by atoms with E-state index in [0.29, 0.717) is 0 Å². The summed E-state index contributed by atoms with van der Waals surface area (Å²) in [7, 11) is 1.62. The average Bonchev–Trinajstić information content (AvgIpc) is 2.43. The zero-order valence-electron chi connectivity index (χ0n) is 15.3. The van der Waals surface area contributed by atoms with E-state index >= 15 is 0 Å². The molecule has 130 valence electrons. The van der Waals surface area contributed by atoms with Gasteiger partial charge in [0.25, 0.3) is 0 Å². The number of hydrogen-bond donors (Lipinski definition) is 2. The number of aryl methyl sites for hydroxylation is 1. The molecular weight excluding hydrogens is 292 g/mol. The number of aliphatic hydroxyl groups is 1. The number of urea groups is 1. The molecule has 5 heteroatoms. The van der Waals surface area contributed by atoms with Crippen LogP contribution in [-0.2, 0) is 0 Å². The van der Waals surface area contributed by atoms with Crippen molar-refractivity contribution in [1.82, 2.24) is 10.2 Å². The largest absolute Gasteiger partial charge is 0.496 e. The lowest BCUT2D eigenvalue weighted by atomic mass is 10.0. The maximum Gasteiger partial charge on any atom is 0.318 e. The monoisotopic (exact) mass is 322 g/mol. The molecule has 2 N–H and O–H groups in total. The van der Waals surface area contributed by atoms with Crippen LogP contribution in [-0.4, -0.2) is 41.3 Å². The Morgan fingerprint density at radius 2 is 1.96 bits per heavy atom. The Labute approximate surface area is 139 Å². The molecule has 1 aromatic carbocycles. The van der Waals surface area contributed by atoms with Gasteiger partial charge >= 0.3 is 6.03 Å². The highest BCUT2D eigenvalue weighted by Gasteiger charge is 2.26. The fourth-order valence-corrected chi connectivity index (χ4v) is 2.44. The second kappa shape index (κ2) is 7.68. The molecule has 1 atom stereocenters. The standard InChI is InChI=1S/C18H30N2O3/c1-12(2)20(11-18(5,6)22)17(21)19-14(4)15-10-13(3)8-9-16(15)23-7/h8-10,12,14,22H,11H2,1-7H3,(H,19,21)/t14-/m0/s1. The second-order valence-electron chi connectivity index (χ2n) is 6.95. The van der Waals surface area contributed by atoms with E-state index in [1.165, 1.54) is 0 Å². The minimum atomic E-state index is -0.939. The first-order valence-corrected chi connectivity index (χ1v) is 7.99. The Balaban J connectivity index is 2.92. The predicted molar refractivity (Wildman–Crippen MR) is 92.8 cm³/mol. The van der Waals surface area contributed by atoms with Crippen LogP contribution in [0.4, 0.5) is 4.79 Å². The number of methoxy groups -OCH3 is 1. The summed E-state index contributed by atoms with van der Waals surface area (Å²) in [6, 6.07) is 5.50. The average molecular weight is 322 g/mol. The van der Waals surface area contributed by atoms with Crippen molar-refractivity contribution in [2.45, 2.75) is 59.2 Å². The first-order valence-electron chi connectivity index (χ1n) is 7.99. The van der Waals surface area contributed by atoms with Gasteiger partial charge < -0.3 is 20.1 Å². The Bertz CT molecular complexity index is 536. The molecule has 0 aliphatic rings. The van der Waals surface area contributed by atoms with Crippen LogP contribution < -0.4 is 10.1 Å². The molecular formula is C18H30N2O3. The van der Waals surface area contributed by atoms with Crippen molar-refractivity contribution in [3.05, 3.63) is 29.3 Å². The third-order valence-electron chi connectivity index (χ3n) is 3.63. The van der Waals surface area contributed by atoms with Gasteiger partial charge in [-0.15, -0.1) is 0 Å². The van der Waals surface area contributed by atoms with E-state index in [4.69, 9.17) is 4.74 Å². The number of hydrogen-bond acceptors (Lipinski definition) is 3. The third-order valence-corrected chi connectivity index (χ3v) is 3.63. The fourth-order valence-electron chi connectivity index (χ4n) is 2.44. The number of carbonyl (C=O) groups excluding carboxylic acids is 1. The van der Waals surface area contributed by atoms with Crippen molar-refractivity contribution >= 4 is 6.03 Å². The van der Waals surface area contributed by atoms with Crippen LogP contribution in [0.5, 0.6) is 5.75 Å². The van der Waals surface area contributed by atoms with Gasteiger partial charge in [-0.25, -0.2) is 4.79 Å². The van der Waals surface area contributed by atoms with Gasteiger partial charge in [-0.1, -0.05) is 17.7 Å². The van der Waals surface area contributed by atoms with E-state index in [0.717, 1.165) is 16.9 Å². The molecule has 0 aromatic heterocycles. The summed E-state index contributed by atoms with van der Waals surface area (Å²) >= 11 is 0. The van der Waals surface area contributed by atoms with Crippen molar-refractivity contribution < 1.29 is 14.6 Å². The summed E-state index contributed by atoms with van der Waals surface area (Å²) in [4.78, 5) is 14.2. The van der Waals surface area contributed by atoms with Crippen LogP contribution in [0, 0.1) is 6.92 Å². The summed E-state index contributed by atoms with van der Waals surface area (Å²) in [5.41, 5.74) is 1.11.